The van der Waals surface area contributed by atoms with Gasteiger partial charge in [0.15, 0.2) is 0 Å². The third kappa shape index (κ3) is 3.44. The van der Waals surface area contributed by atoms with E-state index in [2.05, 4.69) is 24.2 Å². The molecule has 4 heteroatoms. The average Bonchev–Trinajstić information content (AvgIpc) is 2.42. The van der Waals surface area contributed by atoms with Crippen molar-refractivity contribution in [3.8, 4) is 0 Å². The van der Waals surface area contributed by atoms with Gasteiger partial charge in [0.2, 0.25) is 0 Å². The van der Waals surface area contributed by atoms with Crippen molar-refractivity contribution in [1.29, 1.82) is 0 Å². The Hall–Kier alpha value is -0.160. The smallest absolute Gasteiger partial charge is 0.0933 e. The van der Waals surface area contributed by atoms with Crippen LogP contribution < -0.4 is 5.32 Å². The van der Waals surface area contributed by atoms with Gasteiger partial charge in [0.25, 0.3) is 0 Å². The molecule has 2 aliphatic rings. The second-order valence-corrected chi connectivity index (χ2v) is 5.88. The van der Waals surface area contributed by atoms with Crippen molar-refractivity contribution < 1.29 is 9.84 Å². The van der Waals surface area contributed by atoms with E-state index in [9.17, 15) is 5.11 Å². The first kappa shape index (κ1) is 14.3. The van der Waals surface area contributed by atoms with E-state index in [0.717, 1.165) is 25.6 Å². The van der Waals surface area contributed by atoms with Gasteiger partial charge in [-0.3, -0.25) is 4.90 Å². The molecule has 4 unspecified atom stereocenters. The SMILES string of the molecule is CNC1CCCCC1CN1CC(CO)OCC1C. The molecule has 106 valence electrons. The zero-order chi connectivity index (χ0) is 13.0. The molecule has 0 aromatic rings. The summed E-state index contributed by atoms with van der Waals surface area (Å²) in [6.45, 7) is 5.15. The second kappa shape index (κ2) is 6.85. The molecule has 0 bridgehead atoms. The van der Waals surface area contributed by atoms with Gasteiger partial charge in [0.05, 0.1) is 19.3 Å². The Morgan fingerprint density at radius 2 is 2.11 bits per heavy atom. The van der Waals surface area contributed by atoms with Crippen molar-refractivity contribution in [2.24, 2.45) is 5.92 Å². The third-order valence-corrected chi connectivity index (χ3v) is 4.59. The lowest BCUT2D eigenvalue weighted by atomic mass is 9.84. The van der Waals surface area contributed by atoms with Gasteiger partial charge >= 0.3 is 0 Å². The van der Waals surface area contributed by atoms with Crippen LogP contribution in [0.3, 0.4) is 0 Å². The fourth-order valence-corrected chi connectivity index (χ4v) is 3.35. The van der Waals surface area contributed by atoms with Crippen molar-refractivity contribution in [2.45, 2.75) is 50.8 Å². The molecule has 2 rings (SSSR count). The molecule has 4 atom stereocenters. The number of aliphatic hydroxyl groups is 1. The van der Waals surface area contributed by atoms with E-state index in [1.54, 1.807) is 0 Å². The number of aliphatic hydroxyl groups excluding tert-OH is 1. The fourth-order valence-electron chi connectivity index (χ4n) is 3.35. The maximum absolute atomic E-state index is 9.24. The minimum Gasteiger partial charge on any atom is -0.394 e. The zero-order valence-electron chi connectivity index (χ0n) is 11.8. The molecule has 18 heavy (non-hydrogen) atoms. The molecule has 2 fully saturated rings. The van der Waals surface area contributed by atoms with E-state index >= 15 is 0 Å². The predicted molar refractivity (Wildman–Crippen MR) is 72.7 cm³/mol. The maximum atomic E-state index is 9.24. The van der Waals surface area contributed by atoms with Gasteiger partial charge in [-0.1, -0.05) is 12.8 Å². The maximum Gasteiger partial charge on any atom is 0.0933 e. The first-order valence-electron chi connectivity index (χ1n) is 7.38. The molecule has 1 heterocycles. The number of hydrogen-bond acceptors (Lipinski definition) is 4. The quantitative estimate of drug-likeness (QED) is 0.782. The summed E-state index contributed by atoms with van der Waals surface area (Å²) >= 11 is 0. The highest BCUT2D eigenvalue weighted by Crippen LogP contribution is 2.26. The molecule has 2 N–H and O–H groups in total. The van der Waals surface area contributed by atoms with Crippen molar-refractivity contribution >= 4 is 0 Å². The van der Waals surface area contributed by atoms with Crippen LogP contribution in [0.5, 0.6) is 0 Å². The van der Waals surface area contributed by atoms with E-state index in [1.165, 1.54) is 25.7 Å². The van der Waals surface area contributed by atoms with Crippen molar-refractivity contribution in [2.75, 3.05) is 33.4 Å². The Kier molecular flexibility index (Phi) is 5.42. The Bertz CT molecular complexity index is 250. The highest BCUT2D eigenvalue weighted by atomic mass is 16.5. The van der Waals surface area contributed by atoms with Crippen LogP contribution in [0.25, 0.3) is 0 Å². The highest BCUT2D eigenvalue weighted by Gasteiger charge is 2.31. The monoisotopic (exact) mass is 256 g/mol. The number of hydrogen-bond donors (Lipinski definition) is 2. The van der Waals surface area contributed by atoms with Crippen molar-refractivity contribution in [3.63, 3.8) is 0 Å². The normalized spacial score (nSPS) is 38.8. The summed E-state index contributed by atoms with van der Waals surface area (Å²) < 4.78 is 5.60. The minimum atomic E-state index is 0.0119. The molecule has 0 amide bonds. The summed E-state index contributed by atoms with van der Waals surface area (Å²) in [5.41, 5.74) is 0. The number of nitrogens with one attached hydrogen (secondary N) is 1. The van der Waals surface area contributed by atoms with Crippen LogP contribution in [0.15, 0.2) is 0 Å². The highest BCUT2D eigenvalue weighted by molar-refractivity contribution is 4.85. The van der Waals surface area contributed by atoms with Crippen LogP contribution >= 0.6 is 0 Å². The number of ether oxygens (including phenoxy) is 1. The van der Waals surface area contributed by atoms with Crippen LogP contribution in [0, 0.1) is 5.92 Å². The van der Waals surface area contributed by atoms with Gasteiger partial charge in [-0.05, 0) is 32.7 Å². The molecule has 1 saturated heterocycles. The summed E-state index contributed by atoms with van der Waals surface area (Å²) in [4.78, 5) is 2.50. The Morgan fingerprint density at radius 3 is 2.83 bits per heavy atom. The van der Waals surface area contributed by atoms with E-state index in [-0.39, 0.29) is 12.7 Å². The summed E-state index contributed by atoms with van der Waals surface area (Å²) in [6.07, 6.45) is 5.38. The average molecular weight is 256 g/mol. The van der Waals surface area contributed by atoms with E-state index in [1.807, 2.05) is 0 Å². The molecule has 1 saturated carbocycles. The molecule has 1 aliphatic carbocycles. The van der Waals surface area contributed by atoms with Crippen LogP contribution in [0.4, 0.5) is 0 Å². The van der Waals surface area contributed by atoms with Crippen LogP contribution in [-0.4, -0.2) is 61.5 Å². The van der Waals surface area contributed by atoms with Gasteiger partial charge < -0.3 is 15.2 Å². The lowest BCUT2D eigenvalue weighted by molar-refractivity contribution is -0.0835. The van der Waals surface area contributed by atoms with Gasteiger partial charge in [0.1, 0.15) is 0 Å². The topological polar surface area (TPSA) is 44.7 Å². The van der Waals surface area contributed by atoms with Crippen molar-refractivity contribution in [1.82, 2.24) is 10.2 Å². The van der Waals surface area contributed by atoms with Crippen LogP contribution in [0.1, 0.15) is 32.6 Å². The molecule has 4 nitrogen and oxygen atoms in total. The Balaban J connectivity index is 1.89. The summed E-state index contributed by atoms with van der Waals surface area (Å²) in [6, 6.07) is 1.15. The second-order valence-electron chi connectivity index (χ2n) is 5.88. The first-order valence-corrected chi connectivity index (χ1v) is 7.38. The molecule has 1 aliphatic heterocycles. The number of morpholine rings is 1. The molecule has 0 spiro atoms. The first-order chi connectivity index (χ1) is 8.74. The summed E-state index contributed by atoms with van der Waals surface area (Å²) in [5.74, 6) is 0.753. The largest absolute Gasteiger partial charge is 0.394 e. The molecular formula is C14H28N2O2. The molecule has 0 aromatic carbocycles. The standard InChI is InChI=1S/C14H28N2O2/c1-11-10-18-13(9-17)8-16(11)7-12-5-3-4-6-14(12)15-2/h11-15,17H,3-10H2,1-2H3. The van der Waals surface area contributed by atoms with Crippen LogP contribution in [-0.2, 0) is 4.74 Å². The molecule has 0 aromatic heterocycles. The van der Waals surface area contributed by atoms with Crippen LogP contribution in [0.2, 0.25) is 0 Å². The summed E-state index contributed by atoms with van der Waals surface area (Å²) in [5, 5.41) is 12.7. The molecule has 0 radical (unpaired) electrons. The molecular weight excluding hydrogens is 228 g/mol. The van der Waals surface area contributed by atoms with Gasteiger partial charge in [-0.2, -0.15) is 0 Å². The zero-order valence-corrected chi connectivity index (χ0v) is 11.8. The van der Waals surface area contributed by atoms with Gasteiger partial charge in [0, 0.05) is 25.2 Å². The van der Waals surface area contributed by atoms with Gasteiger partial charge in [-0.25, -0.2) is 0 Å². The minimum absolute atomic E-state index is 0.0119. The van der Waals surface area contributed by atoms with E-state index < -0.39 is 0 Å². The lowest BCUT2D eigenvalue weighted by Crippen LogP contribution is -2.53. The number of nitrogens with zero attached hydrogens (tertiary/aromatic N) is 1. The van der Waals surface area contributed by atoms with Gasteiger partial charge in [-0.15, -0.1) is 0 Å². The lowest BCUT2D eigenvalue weighted by Gasteiger charge is -2.42. The number of rotatable bonds is 4. The fraction of sp³-hybridized carbons (Fsp3) is 1.00. The van der Waals surface area contributed by atoms with E-state index in [4.69, 9.17) is 4.74 Å². The summed E-state index contributed by atoms with van der Waals surface area (Å²) in [7, 11) is 2.09. The predicted octanol–water partition coefficient (Wildman–Crippen LogP) is 0.846. The van der Waals surface area contributed by atoms with E-state index in [0.29, 0.717) is 12.1 Å². The van der Waals surface area contributed by atoms with Crippen molar-refractivity contribution in [3.05, 3.63) is 0 Å². The third-order valence-electron chi connectivity index (χ3n) is 4.59. The Labute approximate surface area is 111 Å². The Morgan fingerprint density at radius 1 is 1.33 bits per heavy atom.